The van der Waals surface area contributed by atoms with Crippen LogP contribution < -0.4 is 15.1 Å². The van der Waals surface area contributed by atoms with Crippen LogP contribution in [-0.4, -0.2) is 43.6 Å². The summed E-state index contributed by atoms with van der Waals surface area (Å²) >= 11 is 0. The van der Waals surface area contributed by atoms with Gasteiger partial charge in [0, 0.05) is 23.8 Å². The van der Waals surface area contributed by atoms with E-state index in [0.29, 0.717) is 52.2 Å². The molecule has 1 aromatic carbocycles. The molecule has 0 spiro atoms. The van der Waals surface area contributed by atoms with Gasteiger partial charge in [0.2, 0.25) is 5.95 Å². The molecule has 1 atom stereocenters. The zero-order chi connectivity index (χ0) is 23.8. The number of hydrogen-bond acceptors (Lipinski definition) is 7. The molecule has 1 aliphatic heterocycles. The Morgan fingerprint density at radius 2 is 2.09 bits per heavy atom. The number of nitrogens with one attached hydrogen (secondary N) is 2. The number of hydrogen-bond donors (Lipinski definition) is 2. The molecule has 10 heteroatoms. The van der Waals surface area contributed by atoms with Gasteiger partial charge in [-0.05, 0) is 43.5 Å². The van der Waals surface area contributed by atoms with Gasteiger partial charge in [0.05, 0.1) is 24.3 Å². The van der Waals surface area contributed by atoms with Gasteiger partial charge in [0.25, 0.3) is 5.91 Å². The predicted molar refractivity (Wildman–Crippen MR) is 129 cm³/mol. The van der Waals surface area contributed by atoms with Crippen molar-refractivity contribution < 1.29 is 9.18 Å². The van der Waals surface area contributed by atoms with Crippen molar-refractivity contribution in [2.45, 2.75) is 33.2 Å². The Morgan fingerprint density at radius 3 is 2.85 bits per heavy atom. The largest absolute Gasteiger partial charge is 0.343 e. The van der Waals surface area contributed by atoms with E-state index in [1.165, 1.54) is 6.07 Å². The van der Waals surface area contributed by atoms with Crippen LogP contribution in [0.3, 0.4) is 0 Å². The summed E-state index contributed by atoms with van der Waals surface area (Å²) in [6.45, 7) is 6.84. The Bertz CT molecular complexity index is 1340. The second-order valence-electron chi connectivity index (χ2n) is 8.76. The van der Waals surface area contributed by atoms with Crippen molar-refractivity contribution in [2.24, 2.45) is 5.92 Å². The Kier molecular flexibility index (Phi) is 5.56. The van der Waals surface area contributed by atoms with Gasteiger partial charge >= 0.3 is 0 Å². The molecule has 0 radical (unpaired) electrons. The van der Waals surface area contributed by atoms with Gasteiger partial charge in [-0.25, -0.2) is 9.37 Å². The monoisotopic (exact) mass is 460 g/mol. The lowest BCUT2D eigenvalue weighted by Crippen LogP contribution is -2.51. The molecule has 9 nitrogen and oxygen atoms in total. The van der Waals surface area contributed by atoms with Crippen molar-refractivity contribution in [3.8, 4) is 0 Å². The molecule has 0 aliphatic carbocycles. The molecule has 1 amide bonds. The Labute approximate surface area is 196 Å². The number of aromatic amines is 1. The summed E-state index contributed by atoms with van der Waals surface area (Å²) in [5, 5.41) is 10.3. The number of benzene rings is 1. The predicted octanol–water partition coefficient (Wildman–Crippen LogP) is 4.55. The molecule has 0 saturated heterocycles. The number of nitrogens with zero attached hydrogens (tertiary/aromatic N) is 6. The van der Waals surface area contributed by atoms with Crippen LogP contribution in [0.1, 0.15) is 27.2 Å². The zero-order valence-corrected chi connectivity index (χ0v) is 19.2. The number of amides is 1. The van der Waals surface area contributed by atoms with E-state index in [4.69, 9.17) is 4.98 Å². The molecule has 0 unspecified atom stereocenters. The third-order valence-corrected chi connectivity index (χ3v) is 5.92. The van der Waals surface area contributed by atoms with Gasteiger partial charge < -0.3 is 10.2 Å². The third-order valence-electron chi connectivity index (χ3n) is 5.92. The summed E-state index contributed by atoms with van der Waals surface area (Å²) in [6.07, 6.45) is 7.39. The van der Waals surface area contributed by atoms with Gasteiger partial charge in [-0.2, -0.15) is 10.1 Å². The lowest BCUT2D eigenvalue weighted by atomic mass is 10.1. The highest BCUT2D eigenvalue weighted by Crippen LogP contribution is 2.39. The number of H-pyrrole nitrogens is 1. The van der Waals surface area contributed by atoms with Crippen LogP contribution in [-0.2, 0) is 4.79 Å². The minimum Gasteiger partial charge on any atom is -0.343 e. The van der Waals surface area contributed by atoms with Crippen LogP contribution in [0, 0.1) is 11.7 Å². The fourth-order valence-corrected chi connectivity index (χ4v) is 4.08. The maximum Gasteiger partial charge on any atom is 0.254 e. The topological polar surface area (TPSA) is 103 Å². The quantitative estimate of drug-likeness (QED) is 0.435. The molecule has 1 aliphatic rings. The van der Waals surface area contributed by atoms with E-state index in [1.54, 1.807) is 41.8 Å². The van der Waals surface area contributed by atoms with Crippen molar-refractivity contribution >= 4 is 45.6 Å². The first kappa shape index (κ1) is 21.7. The van der Waals surface area contributed by atoms with E-state index in [9.17, 15) is 9.18 Å². The Morgan fingerprint density at radius 1 is 1.24 bits per heavy atom. The number of pyridine rings is 1. The van der Waals surface area contributed by atoms with Gasteiger partial charge in [0.15, 0.2) is 11.6 Å². The Balaban J connectivity index is 1.56. The average molecular weight is 461 g/mol. The molecule has 5 rings (SSSR count). The number of halogens is 1. The maximum atomic E-state index is 14.4. The standard InChI is InChI=1S/C24H25FN8O/c1-14(2)6-8-32-15(3)23(34)33(18-5-4-7-26-12-18)20-13-27-24(30-22(20)32)29-17-9-16-11-28-31-21(16)19(25)10-17/h4-5,7,9-15H,6,8H2,1-3H3,(H,28,31)(H,27,29,30)/t15-/m1/s1. The second-order valence-corrected chi connectivity index (χ2v) is 8.76. The normalized spacial score (nSPS) is 15.8. The lowest BCUT2D eigenvalue weighted by Gasteiger charge is -2.40. The third kappa shape index (κ3) is 3.91. The highest BCUT2D eigenvalue weighted by atomic mass is 19.1. The van der Waals surface area contributed by atoms with Crippen LogP contribution in [0.4, 0.5) is 33.2 Å². The van der Waals surface area contributed by atoms with Crippen molar-refractivity contribution in [2.75, 3.05) is 21.7 Å². The lowest BCUT2D eigenvalue weighted by molar-refractivity contribution is -0.119. The summed E-state index contributed by atoms with van der Waals surface area (Å²) < 4.78 is 14.4. The fourth-order valence-electron chi connectivity index (χ4n) is 4.08. The number of aromatic nitrogens is 5. The second kappa shape index (κ2) is 8.69. The van der Waals surface area contributed by atoms with Crippen LogP contribution in [0.2, 0.25) is 0 Å². The number of carbonyl (C=O) groups excluding carboxylic acids is 1. The molecule has 34 heavy (non-hydrogen) atoms. The molecule has 0 bridgehead atoms. The highest BCUT2D eigenvalue weighted by Gasteiger charge is 2.38. The van der Waals surface area contributed by atoms with Gasteiger partial charge in [-0.1, -0.05) is 13.8 Å². The minimum absolute atomic E-state index is 0.0685. The van der Waals surface area contributed by atoms with E-state index < -0.39 is 11.9 Å². The minimum atomic E-state index is -0.422. The van der Waals surface area contributed by atoms with Gasteiger partial charge in [-0.3, -0.25) is 19.8 Å². The van der Waals surface area contributed by atoms with Crippen molar-refractivity contribution in [1.29, 1.82) is 0 Å². The van der Waals surface area contributed by atoms with Crippen molar-refractivity contribution in [1.82, 2.24) is 25.1 Å². The molecule has 174 valence electrons. The first-order valence-electron chi connectivity index (χ1n) is 11.2. The smallest absolute Gasteiger partial charge is 0.254 e. The molecule has 0 fully saturated rings. The number of fused-ring (bicyclic) bond motifs is 2. The number of anilines is 5. The van der Waals surface area contributed by atoms with E-state index in [-0.39, 0.29) is 5.91 Å². The molecule has 4 heterocycles. The molecular weight excluding hydrogens is 435 g/mol. The number of rotatable bonds is 6. The SMILES string of the molecule is CC(C)CCN1c2nc(Nc3cc(F)c4[nH]ncc4c3)ncc2N(c2cccnc2)C(=O)[C@H]1C. The summed E-state index contributed by atoms with van der Waals surface area (Å²) in [6, 6.07) is 6.34. The van der Waals surface area contributed by atoms with E-state index in [0.717, 1.165) is 6.42 Å². The summed E-state index contributed by atoms with van der Waals surface area (Å²) in [5.41, 5.74) is 2.09. The highest BCUT2D eigenvalue weighted by molar-refractivity contribution is 6.09. The summed E-state index contributed by atoms with van der Waals surface area (Å²) in [4.78, 5) is 30.4. The summed E-state index contributed by atoms with van der Waals surface area (Å²) in [7, 11) is 0. The first-order chi connectivity index (χ1) is 16.4. The van der Waals surface area contributed by atoms with Crippen LogP contribution >= 0.6 is 0 Å². The fraction of sp³-hybridized carbons (Fsp3) is 0.292. The Hall–Kier alpha value is -4.08. The van der Waals surface area contributed by atoms with E-state index >= 15 is 0 Å². The van der Waals surface area contributed by atoms with Crippen LogP contribution in [0.5, 0.6) is 0 Å². The van der Waals surface area contributed by atoms with Gasteiger partial charge in [-0.15, -0.1) is 0 Å². The van der Waals surface area contributed by atoms with Gasteiger partial charge in [0.1, 0.15) is 17.2 Å². The van der Waals surface area contributed by atoms with E-state index in [1.807, 2.05) is 17.9 Å². The van der Waals surface area contributed by atoms with Crippen LogP contribution in [0.25, 0.3) is 10.9 Å². The van der Waals surface area contributed by atoms with E-state index in [2.05, 4.69) is 39.3 Å². The molecule has 2 N–H and O–H groups in total. The molecule has 3 aromatic heterocycles. The average Bonchev–Trinajstić information content (AvgIpc) is 3.29. The first-order valence-corrected chi connectivity index (χ1v) is 11.2. The van der Waals surface area contributed by atoms with Crippen molar-refractivity contribution in [3.05, 3.63) is 54.9 Å². The molecule has 0 saturated carbocycles. The van der Waals surface area contributed by atoms with Crippen LogP contribution in [0.15, 0.2) is 49.1 Å². The summed E-state index contributed by atoms with van der Waals surface area (Å²) in [5.74, 6) is 0.922. The zero-order valence-electron chi connectivity index (χ0n) is 19.2. The maximum absolute atomic E-state index is 14.4. The number of carbonyl (C=O) groups is 1. The molecular formula is C24H25FN8O. The molecule has 4 aromatic rings. The van der Waals surface area contributed by atoms with Crippen molar-refractivity contribution in [3.63, 3.8) is 0 Å².